The predicted molar refractivity (Wildman–Crippen MR) is 204 cm³/mol. The molecule has 0 spiro atoms. The molecule has 53 heavy (non-hydrogen) atoms. The van der Waals surface area contributed by atoms with Crippen molar-refractivity contribution in [3.8, 4) is 5.75 Å². The van der Waals surface area contributed by atoms with Gasteiger partial charge in [0.15, 0.2) is 5.82 Å². The molecule has 0 aliphatic heterocycles. The van der Waals surface area contributed by atoms with Crippen LogP contribution < -0.4 is 9.46 Å². The van der Waals surface area contributed by atoms with E-state index in [1.165, 1.54) is 18.2 Å². The first kappa shape index (κ1) is 36.4. The van der Waals surface area contributed by atoms with Crippen LogP contribution in [0.5, 0.6) is 5.75 Å². The number of sulfonamides is 1. The zero-order valence-corrected chi connectivity index (χ0v) is 29.9. The Balaban J connectivity index is 1.16. The van der Waals surface area contributed by atoms with Crippen LogP contribution in [0.25, 0.3) is 17.0 Å². The lowest BCUT2D eigenvalue weighted by Crippen LogP contribution is -2.31. The lowest BCUT2D eigenvalue weighted by Gasteiger charge is -2.18. The second kappa shape index (κ2) is 17.2. The molecular formula is C41H38N6O5S. The van der Waals surface area contributed by atoms with Gasteiger partial charge in [0.25, 0.3) is 15.9 Å². The number of hydrogen-bond donors (Lipinski definition) is 1. The number of rotatable bonds is 15. The second-order valence-electron chi connectivity index (χ2n) is 12.3. The highest BCUT2D eigenvalue weighted by Gasteiger charge is 2.18. The van der Waals surface area contributed by atoms with E-state index in [-0.39, 0.29) is 23.2 Å². The van der Waals surface area contributed by atoms with E-state index in [1.54, 1.807) is 18.1 Å². The minimum atomic E-state index is -4.23. The van der Waals surface area contributed by atoms with Crippen molar-refractivity contribution in [2.24, 2.45) is 10.2 Å². The summed E-state index contributed by atoms with van der Waals surface area (Å²) in [6, 6.07) is 37.6. The average molecular weight is 727 g/mol. The van der Waals surface area contributed by atoms with E-state index in [4.69, 9.17) is 4.74 Å². The first-order chi connectivity index (χ1) is 25.7. The predicted octanol–water partition coefficient (Wildman–Crippen LogP) is 7.12. The summed E-state index contributed by atoms with van der Waals surface area (Å²) in [5, 5.41) is 8.87. The number of hydrogen-bond acceptors (Lipinski definition) is 8. The molecule has 0 saturated heterocycles. The number of benzene rings is 4. The van der Waals surface area contributed by atoms with Crippen molar-refractivity contribution in [3.63, 3.8) is 0 Å². The lowest BCUT2D eigenvalue weighted by molar-refractivity contribution is -0.130. The number of carbonyl (C=O) groups excluding carboxylic acids is 2. The van der Waals surface area contributed by atoms with Gasteiger partial charge < -0.3 is 14.2 Å². The molecule has 2 aromatic heterocycles. The molecule has 0 atom stereocenters. The number of fused-ring (bicyclic) bond motifs is 1. The lowest BCUT2D eigenvalue weighted by atomic mass is 10.1. The van der Waals surface area contributed by atoms with Crippen molar-refractivity contribution < 1.29 is 22.7 Å². The third-order valence-corrected chi connectivity index (χ3v) is 9.72. The van der Waals surface area contributed by atoms with Crippen LogP contribution in [0.15, 0.2) is 155 Å². The van der Waals surface area contributed by atoms with Crippen molar-refractivity contribution in [1.29, 1.82) is 0 Å². The van der Waals surface area contributed by atoms with Crippen molar-refractivity contribution in [2.75, 3.05) is 13.6 Å². The van der Waals surface area contributed by atoms with Crippen molar-refractivity contribution >= 4 is 44.6 Å². The second-order valence-corrected chi connectivity index (χ2v) is 13.9. The van der Waals surface area contributed by atoms with Gasteiger partial charge in [0.2, 0.25) is 5.91 Å². The third kappa shape index (κ3) is 10.1. The smallest absolute Gasteiger partial charge is 0.265 e. The quantitative estimate of drug-likeness (QED) is 0.0885. The van der Waals surface area contributed by atoms with Gasteiger partial charge in [-0.3, -0.25) is 9.59 Å². The van der Waals surface area contributed by atoms with Gasteiger partial charge in [-0.05, 0) is 59.5 Å². The van der Waals surface area contributed by atoms with Gasteiger partial charge in [-0.15, -0.1) is 5.11 Å². The van der Waals surface area contributed by atoms with Crippen LogP contribution in [-0.2, 0) is 45.7 Å². The summed E-state index contributed by atoms with van der Waals surface area (Å²) < 4.78 is 36.0. The molecule has 2 heterocycles. The summed E-state index contributed by atoms with van der Waals surface area (Å²) >= 11 is 0. The Morgan fingerprint density at radius 3 is 2.23 bits per heavy atom. The van der Waals surface area contributed by atoms with Crippen LogP contribution in [0, 0.1) is 0 Å². The molecule has 268 valence electrons. The molecule has 0 aliphatic carbocycles. The van der Waals surface area contributed by atoms with Gasteiger partial charge >= 0.3 is 0 Å². The Labute approximate surface area is 308 Å². The number of likely N-dealkylation sites (N-methyl/N-ethyl adjacent to an activating group) is 1. The first-order valence-electron chi connectivity index (χ1n) is 16.9. The van der Waals surface area contributed by atoms with Crippen molar-refractivity contribution in [2.45, 2.75) is 31.0 Å². The average Bonchev–Trinajstić information content (AvgIpc) is 3.52. The number of amides is 2. The van der Waals surface area contributed by atoms with Crippen molar-refractivity contribution in [3.05, 3.63) is 162 Å². The molecule has 0 radical (unpaired) electrons. The maximum atomic E-state index is 13.3. The van der Waals surface area contributed by atoms with Gasteiger partial charge in [0.1, 0.15) is 23.8 Å². The number of nitrogens with zero attached hydrogens (tertiary/aromatic N) is 5. The SMILES string of the molecule is CN(CCc1ccccc1)C(=O)Cn1cc(C=CC(=O)NS(=O)(=O)c2ccc(N=NCc3ccccc3)nc2)c2cc(OCc3ccccc3)ccc21. The van der Waals surface area contributed by atoms with Gasteiger partial charge in [0, 0.05) is 48.5 Å². The maximum absolute atomic E-state index is 13.3. The molecule has 2 amide bonds. The Morgan fingerprint density at radius 1 is 0.868 bits per heavy atom. The number of pyridine rings is 1. The summed E-state index contributed by atoms with van der Waals surface area (Å²) in [6.07, 6.45) is 6.27. The van der Waals surface area contributed by atoms with Gasteiger partial charge in [-0.25, -0.2) is 18.1 Å². The third-order valence-electron chi connectivity index (χ3n) is 8.39. The normalized spacial score (nSPS) is 11.6. The highest BCUT2D eigenvalue weighted by Crippen LogP contribution is 2.28. The number of aromatic nitrogens is 2. The highest BCUT2D eigenvalue weighted by molar-refractivity contribution is 7.90. The molecule has 6 rings (SSSR count). The topological polar surface area (TPSA) is 135 Å². The van der Waals surface area contributed by atoms with Crippen molar-refractivity contribution in [1.82, 2.24) is 19.2 Å². The molecule has 12 heteroatoms. The van der Waals surface area contributed by atoms with Gasteiger partial charge in [-0.1, -0.05) is 91.0 Å². The largest absolute Gasteiger partial charge is 0.489 e. The first-order valence-corrected chi connectivity index (χ1v) is 18.4. The number of carbonyl (C=O) groups is 2. The fourth-order valence-corrected chi connectivity index (χ4v) is 6.37. The Bertz CT molecular complexity index is 2330. The van der Waals surface area contributed by atoms with E-state index in [9.17, 15) is 18.0 Å². The Kier molecular flexibility index (Phi) is 11.8. The van der Waals surface area contributed by atoms with E-state index >= 15 is 0 Å². The number of ether oxygens (including phenoxy) is 1. The van der Waals surface area contributed by atoms with E-state index < -0.39 is 15.9 Å². The summed E-state index contributed by atoms with van der Waals surface area (Å²) in [4.78, 5) is 31.8. The van der Waals surface area contributed by atoms with Crippen LogP contribution in [0.2, 0.25) is 0 Å². The molecule has 1 N–H and O–H groups in total. The monoisotopic (exact) mass is 726 g/mol. The molecule has 11 nitrogen and oxygen atoms in total. The van der Waals surface area contributed by atoms with E-state index in [0.717, 1.165) is 46.3 Å². The molecule has 0 unspecified atom stereocenters. The zero-order valence-electron chi connectivity index (χ0n) is 29.1. The Hall–Kier alpha value is -6.40. The fourth-order valence-electron chi connectivity index (χ4n) is 5.49. The highest BCUT2D eigenvalue weighted by atomic mass is 32.2. The number of nitrogens with one attached hydrogen (secondary N) is 1. The van der Waals surface area contributed by atoms with Crippen LogP contribution >= 0.6 is 0 Å². The minimum Gasteiger partial charge on any atom is -0.489 e. The Morgan fingerprint density at radius 2 is 1.55 bits per heavy atom. The maximum Gasteiger partial charge on any atom is 0.265 e. The van der Waals surface area contributed by atoms with E-state index in [2.05, 4.69) is 19.9 Å². The fraction of sp³-hybridized carbons (Fsp3) is 0.146. The summed E-state index contributed by atoms with van der Waals surface area (Å²) in [7, 11) is -2.46. The van der Waals surface area contributed by atoms with Gasteiger partial charge in [0.05, 0.1) is 6.54 Å². The van der Waals surface area contributed by atoms with Crippen LogP contribution in [0.4, 0.5) is 5.82 Å². The summed E-state index contributed by atoms with van der Waals surface area (Å²) in [5.41, 5.74) is 4.47. The molecule has 0 aliphatic rings. The molecule has 6 aromatic rings. The van der Waals surface area contributed by atoms with E-state index in [0.29, 0.717) is 31.0 Å². The molecule has 0 fully saturated rings. The standard InChI is InChI=1S/C41H38N6O5S/c1-46(24-23-31-11-5-2-6-12-31)41(49)29-47-28-34(37-25-35(18-20-38(37)47)52-30-33-15-9-4-10-16-33)17-22-40(48)45-53(50,51)36-19-21-39(42-27-36)44-43-26-32-13-7-3-8-14-32/h2-22,25,27-28H,23-24,26,29-30H2,1H3,(H,45,48). The summed E-state index contributed by atoms with van der Waals surface area (Å²) in [5.74, 6) is -0.109. The molecule has 4 aromatic carbocycles. The zero-order chi connectivity index (χ0) is 37.0. The number of azo groups is 1. The molecular weight excluding hydrogens is 689 g/mol. The minimum absolute atomic E-state index is 0.0647. The summed E-state index contributed by atoms with van der Waals surface area (Å²) in [6.45, 7) is 1.33. The molecule has 0 bridgehead atoms. The van der Waals surface area contributed by atoms with E-state index in [1.807, 2.05) is 114 Å². The molecule has 0 saturated carbocycles. The van der Waals surface area contributed by atoms with Crippen LogP contribution in [0.1, 0.15) is 22.3 Å². The van der Waals surface area contributed by atoms with Gasteiger partial charge in [-0.2, -0.15) is 5.11 Å². The van der Waals surface area contributed by atoms with Crippen LogP contribution in [-0.4, -0.2) is 48.3 Å². The van der Waals surface area contributed by atoms with Crippen LogP contribution in [0.3, 0.4) is 0 Å².